The molecule has 1 aromatic rings. The second-order valence-electron chi connectivity index (χ2n) is 4.84. The van der Waals surface area contributed by atoms with Crippen LogP contribution in [0.15, 0.2) is 23.2 Å². The van der Waals surface area contributed by atoms with Crippen molar-refractivity contribution in [3.8, 4) is 5.75 Å². The number of guanidine groups is 1. The highest BCUT2D eigenvalue weighted by molar-refractivity contribution is 6.32. The molecule has 0 amide bonds. The molecule has 110 valence electrons. The van der Waals surface area contributed by atoms with Gasteiger partial charge in [-0.3, -0.25) is 4.99 Å². The fourth-order valence-corrected chi connectivity index (χ4v) is 2.04. The summed E-state index contributed by atoms with van der Waals surface area (Å²) in [6, 6.07) is 5.02. The quantitative estimate of drug-likeness (QED) is 0.649. The number of aliphatic imine (C=N–C) groups is 1. The van der Waals surface area contributed by atoms with Gasteiger partial charge in [0, 0.05) is 5.69 Å². The van der Waals surface area contributed by atoms with Crippen molar-refractivity contribution in [3.63, 3.8) is 0 Å². The van der Waals surface area contributed by atoms with Crippen LogP contribution in [0.1, 0.15) is 12.8 Å². The average Bonchev–Trinajstić information content (AvgIpc) is 3.18. The Morgan fingerprint density at radius 1 is 1.55 bits per heavy atom. The number of hydrogen-bond donors (Lipinski definition) is 2. The van der Waals surface area contributed by atoms with Crippen molar-refractivity contribution in [1.29, 1.82) is 0 Å². The van der Waals surface area contributed by atoms with E-state index in [2.05, 4.69) is 10.3 Å². The van der Waals surface area contributed by atoms with Crippen LogP contribution < -0.4 is 15.8 Å². The van der Waals surface area contributed by atoms with E-state index in [1.54, 1.807) is 18.2 Å². The minimum absolute atomic E-state index is 0.0351. The normalized spacial score (nSPS) is 17.1. The smallest absolute Gasteiger partial charge is 0.245 e. The van der Waals surface area contributed by atoms with Crippen LogP contribution in [-0.2, 0) is 0 Å². The molecule has 1 aliphatic carbocycles. The zero-order chi connectivity index (χ0) is 14.8. The number of nitrogens with two attached hydrogens (primary N) is 1. The number of benzene rings is 1. The Bertz CT molecular complexity index is 518. The monoisotopic (exact) mass is 303 g/mol. The first-order chi connectivity index (χ1) is 9.47. The minimum atomic E-state index is -2.35. The highest BCUT2D eigenvalue weighted by Crippen LogP contribution is 2.50. The van der Waals surface area contributed by atoms with Crippen LogP contribution in [-0.4, -0.2) is 26.0 Å². The standard InChI is InChI=1S/C13H16ClF2N3O/c1-20-10-3-2-8(6-9(10)14)19-12(17)18-7-13(4-5-13)11(15)16/h2-3,6,11H,4-5,7H2,1H3,(H3,17,18,19). The van der Waals surface area contributed by atoms with Gasteiger partial charge in [0.15, 0.2) is 5.96 Å². The Balaban J connectivity index is 1.97. The molecule has 0 heterocycles. The van der Waals surface area contributed by atoms with Gasteiger partial charge in [-0.05, 0) is 31.0 Å². The highest BCUT2D eigenvalue weighted by atomic mass is 35.5. The van der Waals surface area contributed by atoms with Gasteiger partial charge in [-0.15, -0.1) is 0 Å². The molecule has 1 fully saturated rings. The lowest BCUT2D eigenvalue weighted by molar-refractivity contribution is 0.0667. The summed E-state index contributed by atoms with van der Waals surface area (Å²) in [5, 5.41) is 3.24. The fraction of sp³-hybridized carbons (Fsp3) is 0.462. The van der Waals surface area contributed by atoms with E-state index in [4.69, 9.17) is 22.1 Å². The van der Waals surface area contributed by atoms with E-state index in [1.807, 2.05) is 0 Å². The molecule has 0 atom stereocenters. The van der Waals surface area contributed by atoms with Gasteiger partial charge < -0.3 is 15.8 Å². The molecule has 0 bridgehead atoms. The van der Waals surface area contributed by atoms with Crippen molar-refractivity contribution >= 4 is 23.2 Å². The molecular weight excluding hydrogens is 288 g/mol. The van der Waals surface area contributed by atoms with Crippen molar-refractivity contribution in [2.24, 2.45) is 16.1 Å². The van der Waals surface area contributed by atoms with Crippen LogP contribution in [0, 0.1) is 5.41 Å². The van der Waals surface area contributed by atoms with E-state index in [0.717, 1.165) is 0 Å². The van der Waals surface area contributed by atoms with Gasteiger partial charge in [-0.1, -0.05) is 11.6 Å². The summed E-state index contributed by atoms with van der Waals surface area (Å²) in [6.07, 6.45) is -1.36. The topological polar surface area (TPSA) is 59.6 Å². The molecule has 1 saturated carbocycles. The van der Waals surface area contributed by atoms with Crippen LogP contribution in [0.4, 0.5) is 14.5 Å². The van der Waals surface area contributed by atoms with E-state index in [9.17, 15) is 8.78 Å². The third-order valence-corrected chi connectivity index (χ3v) is 3.64. The third-order valence-electron chi connectivity index (χ3n) is 3.34. The van der Waals surface area contributed by atoms with Crippen molar-refractivity contribution in [3.05, 3.63) is 23.2 Å². The minimum Gasteiger partial charge on any atom is -0.495 e. The summed E-state index contributed by atoms with van der Waals surface area (Å²) in [7, 11) is 1.52. The van der Waals surface area contributed by atoms with Crippen LogP contribution in [0.2, 0.25) is 5.02 Å². The summed E-state index contributed by atoms with van der Waals surface area (Å²) in [5.74, 6) is 0.639. The predicted molar refractivity (Wildman–Crippen MR) is 75.8 cm³/mol. The Morgan fingerprint density at radius 3 is 2.75 bits per heavy atom. The third kappa shape index (κ3) is 3.30. The maximum atomic E-state index is 12.7. The number of anilines is 1. The van der Waals surface area contributed by atoms with Gasteiger partial charge in [-0.25, -0.2) is 8.78 Å². The van der Waals surface area contributed by atoms with E-state index >= 15 is 0 Å². The summed E-state index contributed by atoms with van der Waals surface area (Å²) in [5.41, 5.74) is 5.34. The van der Waals surface area contributed by atoms with Crippen LogP contribution in [0.25, 0.3) is 0 Å². The first-order valence-corrected chi connectivity index (χ1v) is 6.53. The second-order valence-corrected chi connectivity index (χ2v) is 5.25. The second kappa shape index (κ2) is 5.83. The molecule has 0 aromatic heterocycles. The van der Waals surface area contributed by atoms with Gasteiger partial charge >= 0.3 is 0 Å². The largest absolute Gasteiger partial charge is 0.495 e. The van der Waals surface area contributed by atoms with Gasteiger partial charge in [0.25, 0.3) is 0 Å². The summed E-state index contributed by atoms with van der Waals surface area (Å²) in [6.45, 7) is 0.0351. The van der Waals surface area contributed by atoms with Gasteiger partial charge in [-0.2, -0.15) is 0 Å². The van der Waals surface area contributed by atoms with Crippen LogP contribution >= 0.6 is 11.6 Å². The molecular formula is C13H16ClF2N3O. The lowest BCUT2D eigenvalue weighted by Gasteiger charge is -2.12. The Morgan fingerprint density at radius 2 is 2.25 bits per heavy atom. The summed E-state index contributed by atoms with van der Waals surface area (Å²) in [4.78, 5) is 3.98. The molecule has 2 rings (SSSR count). The first kappa shape index (κ1) is 14.8. The van der Waals surface area contributed by atoms with Crippen molar-refractivity contribution in [2.45, 2.75) is 19.3 Å². The lowest BCUT2D eigenvalue weighted by Crippen LogP contribution is -2.25. The van der Waals surface area contributed by atoms with E-state index in [-0.39, 0.29) is 12.5 Å². The molecule has 0 saturated heterocycles. The van der Waals surface area contributed by atoms with E-state index in [0.29, 0.717) is 29.3 Å². The molecule has 4 nitrogen and oxygen atoms in total. The van der Waals surface area contributed by atoms with Gasteiger partial charge in [0.2, 0.25) is 6.43 Å². The Labute approximate surface area is 121 Å². The molecule has 7 heteroatoms. The number of hydrogen-bond acceptors (Lipinski definition) is 2. The number of nitrogens with zero attached hydrogens (tertiary/aromatic N) is 1. The zero-order valence-electron chi connectivity index (χ0n) is 11.0. The van der Waals surface area contributed by atoms with E-state index < -0.39 is 11.8 Å². The maximum absolute atomic E-state index is 12.7. The number of halogens is 3. The van der Waals surface area contributed by atoms with Gasteiger partial charge in [0.1, 0.15) is 5.75 Å². The molecule has 0 unspecified atom stereocenters. The lowest BCUT2D eigenvalue weighted by atomic mass is 10.1. The average molecular weight is 304 g/mol. The van der Waals surface area contributed by atoms with Crippen LogP contribution in [0.5, 0.6) is 5.75 Å². The van der Waals surface area contributed by atoms with E-state index in [1.165, 1.54) is 7.11 Å². The Hall–Kier alpha value is -1.56. The SMILES string of the molecule is COc1ccc(NC(N)=NCC2(C(F)F)CC2)cc1Cl. The molecule has 20 heavy (non-hydrogen) atoms. The number of ether oxygens (including phenoxy) is 1. The molecule has 3 N–H and O–H groups in total. The fourth-order valence-electron chi connectivity index (χ4n) is 1.78. The zero-order valence-corrected chi connectivity index (χ0v) is 11.8. The number of alkyl halides is 2. The number of rotatable bonds is 5. The molecule has 0 spiro atoms. The molecule has 1 aromatic carbocycles. The molecule has 0 aliphatic heterocycles. The predicted octanol–water partition coefficient (Wildman–Crippen LogP) is 3.12. The van der Waals surface area contributed by atoms with Crippen molar-refractivity contribution in [2.75, 3.05) is 19.0 Å². The van der Waals surface area contributed by atoms with Crippen molar-refractivity contribution < 1.29 is 13.5 Å². The molecule has 0 radical (unpaired) electrons. The first-order valence-electron chi connectivity index (χ1n) is 6.15. The summed E-state index contributed by atoms with van der Waals surface area (Å²) < 4.78 is 30.5. The Kier molecular flexibility index (Phi) is 4.32. The highest BCUT2D eigenvalue weighted by Gasteiger charge is 2.50. The number of methoxy groups -OCH3 is 1. The summed E-state index contributed by atoms with van der Waals surface area (Å²) >= 11 is 5.97. The van der Waals surface area contributed by atoms with Crippen LogP contribution in [0.3, 0.4) is 0 Å². The van der Waals surface area contributed by atoms with Gasteiger partial charge in [0.05, 0.1) is 24.1 Å². The molecule has 1 aliphatic rings. The maximum Gasteiger partial charge on any atom is 0.245 e. The van der Waals surface area contributed by atoms with Crippen molar-refractivity contribution in [1.82, 2.24) is 0 Å². The number of nitrogens with one attached hydrogen (secondary N) is 1.